The van der Waals surface area contributed by atoms with Gasteiger partial charge >= 0.3 is 0 Å². The van der Waals surface area contributed by atoms with Gasteiger partial charge in [0.15, 0.2) is 0 Å². The molecular formula is C17H17N3OS. The summed E-state index contributed by atoms with van der Waals surface area (Å²) in [5.41, 5.74) is 2.48. The van der Waals surface area contributed by atoms with E-state index in [4.69, 9.17) is 0 Å². The molecule has 22 heavy (non-hydrogen) atoms. The van der Waals surface area contributed by atoms with Gasteiger partial charge in [0, 0.05) is 18.9 Å². The Morgan fingerprint density at radius 1 is 1.23 bits per heavy atom. The van der Waals surface area contributed by atoms with Gasteiger partial charge in [-0.3, -0.25) is 9.78 Å². The molecule has 1 aromatic carbocycles. The quantitative estimate of drug-likeness (QED) is 0.738. The molecule has 0 aliphatic rings. The Hall–Kier alpha value is -2.27. The van der Waals surface area contributed by atoms with Crippen LogP contribution in [0.4, 0.5) is 0 Å². The summed E-state index contributed by atoms with van der Waals surface area (Å²) >= 11 is 1.63. The van der Waals surface area contributed by atoms with Gasteiger partial charge in [0.1, 0.15) is 5.01 Å². The molecule has 0 saturated carbocycles. The zero-order valence-corrected chi connectivity index (χ0v) is 13.6. The van der Waals surface area contributed by atoms with Crippen molar-refractivity contribution in [3.63, 3.8) is 0 Å². The third-order valence-corrected chi connectivity index (χ3v) is 4.93. The molecule has 5 heteroatoms. The second kappa shape index (κ2) is 5.85. The molecular weight excluding hydrogens is 294 g/mol. The molecule has 0 N–H and O–H groups in total. The summed E-state index contributed by atoms with van der Waals surface area (Å²) in [5, 5.41) is 0.942. The van der Waals surface area contributed by atoms with E-state index >= 15 is 0 Å². The third-order valence-electron chi connectivity index (χ3n) is 3.73. The zero-order chi connectivity index (χ0) is 15.7. The van der Waals surface area contributed by atoms with E-state index in [0.29, 0.717) is 5.56 Å². The number of pyridine rings is 1. The van der Waals surface area contributed by atoms with Gasteiger partial charge in [-0.15, -0.1) is 11.3 Å². The fourth-order valence-corrected chi connectivity index (χ4v) is 3.27. The smallest absolute Gasteiger partial charge is 0.255 e. The van der Waals surface area contributed by atoms with Crippen LogP contribution < -0.4 is 0 Å². The van der Waals surface area contributed by atoms with E-state index in [2.05, 4.69) is 16.0 Å². The number of rotatable bonds is 3. The van der Waals surface area contributed by atoms with Crippen LogP contribution in [-0.4, -0.2) is 27.8 Å². The van der Waals surface area contributed by atoms with Crippen molar-refractivity contribution >= 4 is 27.5 Å². The lowest BCUT2D eigenvalue weighted by atomic mass is 10.2. The molecule has 0 fully saturated rings. The second-order valence-corrected chi connectivity index (χ2v) is 6.36. The second-order valence-electron chi connectivity index (χ2n) is 5.30. The summed E-state index contributed by atoms with van der Waals surface area (Å²) in [5.74, 6) is -0.0424. The van der Waals surface area contributed by atoms with Gasteiger partial charge in [0.2, 0.25) is 0 Å². The van der Waals surface area contributed by atoms with Crippen molar-refractivity contribution in [3.8, 4) is 0 Å². The molecule has 0 bridgehead atoms. The van der Waals surface area contributed by atoms with E-state index in [1.54, 1.807) is 29.5 Å². The highest BCUT2D eigenvalue weighted by Gasteiger charge is 2.21. The molecule has 0 saturated heterocycles. The van der Waals surface area contributed by atoms with E-state index in [9.17, 15) is 4.79 Å². The van der Waals surface area contributed by atoms with Crippen molar-refractivity contribution in [2.45, 2.75) is 19.9 Å². The lowest BCUT2D eigenvalue weighted by molar-refractivity contribution is 0.0742. The van der Waals surface area contributed by atoms with Crippen LogP contribution in [0.1, 0.15) is 34.0 Å². The number of hydrogen-bond acceptors (Lipinski definition) is 4. The highest BCUT2D eigenvalue weighted by Crippen LogP contribution is 2.29. The maximum absolute atomic E-state index is 12.5. The Balaban J connectivity index is 1.85. The number of amides is 1. The van der Waals surface area contributed by atoms with E-state index < -0.39 is 0 Å². The van der Waals surface area contributed by atoms with E-state index in [0.717, 1.165) is 20.9 Å². The SMILES string of the molecule is Cc1ccc(C(=O)N(C)C(C)c2nc3ccccc3s2)cn1. The summed E-state index contributed by atoms with van der Waals surface area (Å²) in [7, 11) is 1.80. The first-order valence-corrected chi connectivity index (χ1v) is 7.93. The molecule has 2 aromatic heterocycles. The molecule has 1 unspecified atom stereocenters. The van der Waals surface area contributed by atoms with Crippen molar-refractivity contribution in [3.05, 3.63) is 58.9 Å². The molecule has 1 amide bonds. The highest BCUT2D eigenvalue weighted by molar-refractivity contribution is 7.18. The minimum atomic E-state index is -0.0776. The van der Waals surface area contributed by atoms with Crippen LogP contribution in [0.3, 0.4) is 0 Å². The van der Waals surface area contributed by atoms with Gasteiger partial charge in [0.25, 0.3) is 5.91 Å². The van der Waals surface area contributed by atoms with Gasteiger partial charge in [-0.2, -0.15) is 0 Å². The van der Waals surface area contributed by atoms with Crippen molar-refractivity contribution in [1.82, 2.24) is 14.9 Å². The number of thiazole rings is 1. The Morgan fingerprint density at radius 2 is 2.00 bits per heavy atom. The summed E-state index contributed by atoms with van der Waals surface area (Å²) in [6, 6.07) is 11.6. The van der Waals surface area contributed by atoms with E-state index in [-0.39, 0.29) is 11.9 Å². The lowest BCUT2D eigenvalue weighted by Crippen LogP contribution is -2.29. The average molecular weight is 311 g/mol. The molecule has 0 aliphatic carbocycles. The fourth-order valence-electron chi connectivity index (χ4n) is 2.21. The number of carbonyl (C=O) groups is 1. The lowest BCUT2D eigenvalue weighted by Gasteiger charge is -2.23. The number of carbonyl (C=O) groups excluding carboxylic acids is 1. The van der Waals surface area contributed by atoms with Crippen LogP contribution >= 0.6 is 11.3 Å². The molecule has 1 atom stereocenters. The molecule has 3 rings (SSSR count). The van der Waals surface area contributed by atoms with Crippen molar-refractivity contribution < 1.29 is 4.79 Å². The van der Waals surface area contributed by atoms with Gasteiger partial charge < -0.3 is 4.90 Å². The minimum Gasteiger partial charge on any atom is -0.332 e. The zero-order valence-electron chi connectivity index (χ0n) is 12.8. The van der Waals surface area contributed by atoms with Crippen LogP contribution in [-0.2, 0) is 0 Å². The van der Waals surface area contributed by atoms with Crippen molar-refractivity contribution in [2.75, 3.05) is 7.05 Å². The van der Waals surface area contributed by atoms with Gasteiger partial charge in [-0.25, -0.2) is 4.98 Å². The van der Waals surface area contributed by atoms with Gasteiger partial charge in [-0.05, 0) is 38.1 Å². The number of nitrogens with zero attached hydrogens (tertiary/aromatic N) is 3. The highest BCUT2D eigenvalue weighted by atomic mass is 32.1. The fraction of sp³-hybridized carbons (Fsp3) is 0.235. The van der Waals surface area contributed by atoms with Crippen LogP contribution in [0.5, 0.6) is 0 Å². The maximum atomic E-state index is 12.5. The number of fused-ring (bicyclic) bond motifs is 1. The molecule has 0 aliphatic heterocycles. The topological polar surface area (TPSA) is 46.1 Å². The van der Waals surface area contributed by atoms with Gasteiger partial charge in [-0.1, -0.05) is 12.1 Å². The summed E-state index contributed by atoms with van der Waals surface area (Å²) in [6.45, 7) is 3.90. The predicted octanol–water partition coefficient (Wildman–Crippen LogP) is 3.83. The first-order valence-electron chi connectivity index (χ1n) is 7.11. The minimum absolute atomic E-state index is 0.0424. The molecule has 2 heterocycles. The third kappa shape index (κ3) is 2.72. The number of benzene rings is 1. The molecule has 0 radical (unpaired) electrons. The largest absolute Gasteiger partial charge is 0.332 e. The van der Waals surface area contributed by atoms with E-state index in [1.165, 1.54) is 0 Å². The van der Waals surface area contributed by atoms with Crippen molar-refractivity contribution in [1.29, 1.82) is 0 Å². The summed E-state index contributed by atoms with van der Waals surface area (Å²) < 4.78 is 1.14. The Morgan fingerprint density at radius 3 is 2.68 bits per heavy atom. The average Bonchev–Trinajstić information content (AvgIpc) is 2.97. The molecule has 3 aromatic rings. The van der Waals surface area contributed by atoms with E-state index in [1.807, 2.05) is 44.2 Å². The predicted molar refractivity (Wildman–Crippen MR) is 89.1 cm³/mol. The number of aryl methyl sites for hydroxylation is 1. The maximum Gasteiger partial charge on any atom is 0.255 e. The number of aromatic nitrogens is 2. The Kier molecular flexibility index (Phi) is 3.90. The van der Waals surface area contributed by atoms with Crippen LogP contribution in [0.15, 0.2) is 42.6 Å². The number of hydrogen-bond donors (Lipinski definition) is 0. The first kappa shape index (κ1) is 14.7. The Labute approximate surface area is 133 Å². The normalized spacial score (nSPS) is 12.3. The molecule has 112 valence electrons. The molecule has 0 spiro atoms. The summed E-state index contributed by atoms with van der Waals surface area (Å²) in [6.07, 6.45) is 1.62. The standard InChI is InChI=1S/C17H17N3OS/c1-11-8-9-13(10-18-11)17(21)20(3)12(2)16-19-14-6-4-5-7-15(14)22-16/h4-10,12H,1-3H3. The molecule has 4 nitrogen and oxygen atoms in total. The first-order chi connectivity index (χ1) is 10.6. The van der Waals surface area contributed by atoms with Crippen LogP contribution in [0.25, 0.3) is 10.2 Å². The van der Waals surface area contributed by atoms with Gasteiger partial charge in [0.05, 0.1) is 21.8 Å². The van der Waals surface area contributed by atoms with Crippen LogP contribution in [0, 0.1) is 6.92 Å². The Bertz CT molecular complexity index is 777. The monoisotopic (exact) mass is 311 g/mol. The van der Waals surface area contributed by atoms with Crippen LogP contribution in [0.2, 0.25) is 0 Å². The van der Waals surface area contributed by atoms with Crippen molar-refractivity contribution in [2.24, 2.45) is 0 Å². The number of para-hydroxylation sites is 1. The summed E-state index contributed by atoms with van der Waals surface area (Å²) in [4.78, 5) is 23.1.